The third kappa shape index (κ3) is 2.15. The summed E-state index contributed by atoms with van der Waals surface area (Å²) in [5.74, 6) is 0.157. The van der Waals surface area contributed by atoms with Gasteiger partial charge < -0.3 is 10.5 Å². The molecule has 0 saturated heterocycles. The second-order valence-electron chi connectivity index (χ2n) is 4.39. The highest BCUT2D eigenvalue weighted by atomic mass is 19.4. The van der Waals surface area contributed by atoms with Crippen molar-refractivity contribution < 1.29 is 17.9 Å². The fourth-order valence-corrected chi connectivity index (χ4v) is 2.17. The van der Waals surface area contributed by atoms with Crippen LogP contribution in [0, 0.1) is 0 Å². The van der Waals surface area contributed by atoms with E-state index in [-0.39, 0.29) is 5.69 Å². The van der Waals surface area contributed by atoms with Gasteiger partial charge in [0.05, 0.1) is 12.3 Å². The monoisotopic (exact) mass is 281 g/mol. The second-order valence-corrected chi connectivity index (χ2v) is 4.39. The van der Waals surface area contributed by atoms with E-state index in [1.54, 1.807) is 12.1 Å². The first-order chi connectivity index (χ1) is 9.45. The predicted molar refractivity (Wildman–Crippen MR) is 66.1 cm³/mol. The lowest BCUT2D eigenvalue weighted by Crippen LogP contribution is -2.11. The van der Waals surface area contributed by atoms with Gasteiger partial charge >= 0.3 is 6.18 Å². The lowest BCUT2D eigenvalue weighted by atomic mass is 10.0. The summed E-state index contributed by atoms with van der Waals surface area (Å²) >= 11 is 0. The number of benzene rings is 1. The van der Waals surface area contributed by atoms with Crippen LogP contribution in [0.5, 0.6) is 5.75 Å². The summed E-state index contributed by atoms with van der Waals surface area (Å²) in [5.41, 5.74) is 5.88. The Kier molecular flexibility index (Phi) is 2.77. The molecule has 1 aromatic carbocycles. The highest BCUT2D eigenvalue weighted by Gasteiger charge is 2.34. The number of alkyl halides is 3. The number of nitrogens with two attached hydrogens (primary N) is 1. The van der Waals surface area contributed by atoms with E-state index in [4.69, 9.17) is 10.5 Å². The van der Waals surface area contributed by atoms with E-state index < -0.39 is 17.8 Å². The average molecular weight is 281 g/mol. The minimum atomic E-state index is -4.56. The number of fused-ring (bicyclic) bond motifs is 1. The number of aromatic nitrogens is 2. The van der Waals surface area contributed by atoms with Crippen LogP contribution in [0.1, 0.15) is 11.3 Å². The first-order valence-corrected chi connectivity index (χ1v) is 5.92. The Bertz CT molecular complexity index is 670. The molecule has 1 aliphatic heterocycles. The molecule has 0 aliphatic carbocycles. The zero-order chi connectivity index (χ0) is 14.3. The van der Waals surface area contributed by atoms with Crippen molar-refractivity contribution in [1.29, 1.82) is 0 Å². The normalized spacial score (nSPS) is 13.9. The number of anilines is 1. The molecule has 104 valence electrons. The van der Waals surface area contributed by atoms with Crippen LogP contribution in [0.25, 0.3) is 11.3 Å². The van der Waals surface area contributed by atoms with Crippen molar-refractivity contribution in [2.45, 2.75) is 12.6 Å². The van der Waals surface area contributed by atoms with Gasteiger partial charge in [0.2, 0.25) is 5.95 Å². The Hall–Kier alpha value is -2.31. The fraction of sp³-hybridized carbons (Fsp3) is 0.231. The minimum absolute atomic E-state index is 0.114. The van der Waals surface area contributed by atoms with Crippen LogP contribution >= 0.6 is 0 Å². The molecule has 0 spiro atoms. The number of para-hydroxylation sites is 1. The van der Waals surface area contributed by atoms with Gasteiger partial charge in [0.15, 0.2) is 5.69 Å². The standard InChI is InChI=1S/C13H10F3N3O/c14-13(15,16)10-6-9(18-12(17)19-10)8-3-1-2-7-4-5-20-11(7)8/h1-3,6H,4-5H2,(H2,17,18,19). The Morgan fingerprint density at radius 1 is 1.20 bits per heavy atom. The molecule has 20 heavy (non-hydrogen) atoms. The van der Waals surface area contributed by atoms with Gasteiger partial charge in [0.25, 0.3) is 0 Å². The van der Waals surface area contributed by atoms with Gasteiger partial charge in [-0.1, -0.05) is 12.1 Å². The third-order valence-electron chi connectivity index (χ3n) is 3.02. The molecule has 7 heteroatoms. The molecule has 0 atom stereocenters. The molecule has 0 unspecified atom stereocenters. The van der Waals surface area contributed by atoms with Crippen molar-refractivity contribution in [2.24, 2.45) is 0 Å². The van der Waals surface area contributed by atoms with Crippen molar-refractivity contribution in [3.8, 4) is 17.0 Å². The highest BCUT2D eigenvalue weighted by molar-refractivity contribution is 5.71. The largest absolute Gasteiger partial charge is 0.492 e. The van der Waals surface area contributed by atoms with Crippen molar-refractivity contribution >= 4 is 5.95 Å². The van der Waals surface area contributed by atoms with Crippen LogP contribution in [0.4, 0.5) is 19.1 Å². The highest BCUT2D eigenvalue weighted by Crippen LogP contribution is 2.38. The summed E-state index contributed by atoms with van der Waals surface area (Å²) in [4.78, 5) is 7.11. The summed E-state index contributed by atoms with van der Waals surface area (Å²) in [7, 11) is 0. The molecule has 1 aromatic heterocycles. The average Bonchev–Trinajstić information content (AvgIpc) is 2.84. The van der Waals surface area contributed by atoms with Crippen LogP contribution in [-0.4, -0.2) is 16.6 Å². The third-order valence-corrected chi connectivity index (χ3v) is 3.02. The minimum Gasteiger partial charge on any atom is -0.492 e. The van der Waals surface area contributed by atoms with Crippen molar-refractivity contribution in [3.63, 3.8) is 0 Å². The number of ether oxygens (including phenoxy) is 1. The molecular weight excluding hydrogens is 271 g/mol. The SMILES string of the molecule is Nc1nc(-c2cccc3c2OCC3)cc(C(F)(F)F)n1. The first kappa shape index (κ1) is 12.7. The lowest BCUT2D eigenvalue weighted by Gasteiger charge is -2.11. The zero-order valence-electron chi connectivity index (χ0n) is 10.2. The van der Waals surface area contributed by atoms with E-state index in [9.17, 15) is 13.2 Å². The number of halogens is 3. The number of nitrogen functional groups attached to an aromatic ring is 1. The zero-order valence-corrected chi connectivity index (χ0v) is 10.2. The van der Waals surface area contributed by atoms with Gasteiger partial charge in [-0.15, -0.1) is 0 Å². The summed E-state index contributed by atoms with van der Waals surface area (Å²) in [6.45, 7) is 0.513. The Balaban J connectivity index is 2.16. The van der Waals surface area contributed by atoms with Crippen LogP contribution in [0.15, 0.2) is 24.3 Å². The summed E-state index contributed by atoms with van der Waals surface area (Å²) in [6.07, 6.45) is -3.83. The summed E-state index contributed by atoms with van der Waals surface area (Å²) in [5, 5.41) is 0. The van der Waals surface area contributed by atoms with E-state index in [2.05, 4.69) is 9.97 Å². The topological polar surface area (TPSA) is 61.0 Å². The molecule has 4 nitrogen and oxygen atoms in total. The van der Waals surface area contributed by atoms with Gasteiger partial charge in [-0.25, -0.2) is 9.97 Å². The van der Waals surface area contributed by atoms with Crippen molar-refractivity contribution in [1.82, 2.24) is 9.97 Å². The maximum Gasteiger partial charge on any atom is 0.433 e. The molecular formula is C13H10F3N3O. The van der Waals surface area contributed by atoms with Gasteiger partial charge in [0, 0.05) is 12.0 Å². The van der Waals surface area contributed by atoms with E-state index in [0.717, 1.165) is 18.1 Å². The van der Waals surface area contributed by atoms with E-state index in [1.807, 2.05) is 6.07 Å². The van der Waals surface area contributed by atoms with Gasteiger partial charge in [-0.2, -0.15) is 13.2 Å². The van der Waals surface area contributed by atoms with Gasteiger partial charge in [-0.3, -0.25) is 0 Å². The van der Waals surface area contributed by atoms with Gasteiger partial charge in [-0.05, 0) is 17.7 Å². The summed E-state index contributed by atoms with van der Waals surface area (Å²) < 4.78 is 43.7. The molecule has 0 saturated carbocycles. The quantitative estimate of drug-likeness (QED) is 0.873. The molecule has 1 aliphatic rings. The van der Waals surface area contributed by atoms with E-state index in [1.165, 1.54) is 0 Å². The predicted octanol–water partition coefficient (Wildman–Crippen LogP) is 2.68. The molecule has 0 bridgehead atoms. The number of nitrogens with zero attached hydrogens (tertiary/aromatic N) is 2. The number of hydrogen-bond acceptors (Lipinski definition) is 4. The van der Waals surface area contributed by atoms with Crippen LogP contribution in [-0.2, 0) is 12.6 Å². The van der Waals surface area contributed by atoms with Crippen molar-refractivity contribution in [2.75, 3.05) is 12.3 Å². The molecule has 2 heterocycles. The van der Waals surface area contributed by atoms with Gasteiger partial charge in [0.1, 0.15) is 5.75 Å². The first-order valence-electron chi connectivity index (χ1n) is 5.92. The molecule has 2 N–H and O–H groups in total. The molecule has 0 amide bonds. The fourth-order valence-electron chi connectivity index (χ4n) is 2.17. The van der Waals surface area contributed by atoms with E-state index in [0.29, 0.717) is 17.9 Å². The second kappa shape index (κ2) is 4.36. The number of rotatable bonds is 1. The molecule has 0 fully saturated rings. The van der Waals surface area contributed by atoms with Crippen molar-refractivity contribution in [3.05, 3.63) is 35.5 Å². The Morgan fingerprint density at radius 3 is 2.75 bits per heavy atom. The lowest BCUT2D eigenvalue weighted by molar-refractivity contribution is -0.141. The van der Waals surface area contributed by atoms with E-state index >= 15 is 0 Å². The molecule has 3 rings (SSSR count). The van der Waals surface area contributed by atoms with Crippen LogP contribution in [0.3, 0.4) is 0 Å². The Morgan fingerprint density at radius 2 is 2.00 bits per heavy atom. The Labute approximate surface area is 112 Å². The number of hydrogen-bond donors (Lipinski definition) is 1. The maximum atomic E-state index is 12.8. The molecule has 2 aromatic rings. The maximum absolute atomic E-state index is 12.8. The smallest absolute Gasteiger partial charge is 0.433 e. The summed E-state index contributed by atoms with van der Waals surface area (Å²) in [6, 6.07) is 6.18. The van der Waals surface area contributed by atoms with Crippen LogP contribution < -0.4 is 10.5 Å². The van der Waals surface area contributed by atoms with Crippen LogP contribution in [0.2, 0.25) is 0 Å². The molecule has 0 radical (unpaired) electrons.